The number of amides is 1. The van der Waals surface area contributed by atoms with Crippen molar-refractivity contribution in [1.82, 2.24) is 15.2 Å². The number of carbonyl (C=O) groups is 1. The van der Waals surface area contributed by atoms with E-state index in [0.29, 0.717) is 6.42 Å². The van der Waals surface area contributed by atoms with E-state index < -0.39 is 11.7 Å². The molecule has 0 bridgehead atoms. The Morgan fingerprint density at radius 1 is 1.15 bits per heavy atom. The minimum Gasteiger partial charge on any atom is -0.289 e. The molecule has 20 heavy (non-hydrogen) atoms. The number of anilines is 1. The minimum atomic E-state index is -0.587. The van der Waals surface area contributed by atoms with Crippen LogP contribution in [0, 0.1) is 5.82 Å². The van der Waals surface area contributed by atoms with Gasteiger partial charge in [-0.05, 0) is 25.0 Å². The number of nitrogens with zero attached hydrogens (tertiary/aromatic N) is 3. The molecule has 104 valence electrons. The van der Waals surface area contributed by atoms with Gasteiger partial charge in [0.1, 0.15) is 5.82 Å². The number of rotatable bonds is 4. The van der Waals surface area contributed by atoms with E-state index in [1.807, 2.05) is 13.8 Å². The summed E-state index contributed by atoms with van der Waals surface area (Å²) in [6, 6.07) is 5.75. The third kappa shape index (κ3) is 2.96. The Morgan fingerprint density at radius 2 is 1.85 bits per heavy atom. The van der Waals surface area contributed by atoms with Gasteiger partial charge in [0.2, 0.25) is 5.95 Å². The van der Waals surface area contributed by atoms with Crippen molar-refractivity contribution in [2.75, 3.05) is 5.32 Å². The second kappa shape index (κ2) is 6.18. The van der Waals surface area contributed by atoms with E-state index >= 15 is 0 Å². The summed E-state index contributed by atoms with van der Waals surface area (Å²) in [5.41, 5.74) is 1.54. The lowest BCUT2D eigenvalue weighted by molar-refractivity contribution is 0.102. The number of aromatic nitrogens is 3. The van der Waals surface area contributed by atoms with Gasteiger partial charge in [-0.2, -0.15) is 0 Å². The molecule has 0 radical (unpaired) electrons. The lowest BCUT2D eigenvalue weighted by Crippen LogP contribution is -2.17. The first-order valence-corrected chi connectivity index (χ1v) is 6.44. The molecule has 0 aliphatic rings. The zero-order chi connectivity index (χ0) is 14.5. The second-order valence-corrected chi connectivity index (χ2v) is 4.17. The topological polar surface area (TPSA) is 67.8 Å². The molecule has 1 aromatic carbocycles. The molecular formula is C14H15FN4O. The monoisotopic (exact) mass is 274 g/mol. The predicted molar refractivity (Wildman–Crippen MR) is 72.9 cm³/mol. The van der Waals surface area contributed by atoms with E-state index in [1.165, 1.54) is 18.2 Å². The summed E-state index contributed by atoms with van der Waals surface area (Å²) >= 11 is 0. The first kappa shape index (κ1) is 14.0. The number of hydrogen-bond donors (Lipinski definition) is 1. The Bertz CT molecular complexity index is 630. The van der Waals surface area contributed by atoms with Gasteiger partial charge >= 0.3 is 0 Å². The van der Waals surface area contributed by atoms with Gasteiger partial charge in [0.15, 0.2) is 0 Å². The summed E-state index contributed by atoms with van der Waals surface area (Å²) in [6.45, 7) is 3.91. The molecule has 0 unspecified atom stereocenters. The predicted octanol–water partition coefficient (Wildman–Crippen LogP) is 2.39. The number of benzene rings is 1. The first-order chi connectivity index (χ1) is 9.65. The van der Waals surface area contributed by atoms with Crippen LogP contribution in [0.3, 0.4) is 0 Å². The molecule has 0 atom stereocenters. The average molecular weight is 274 g/mol. The molecule has 0 aliphatic carbocycles. The number of aryl methyl sites for hydroxylation is 2. The van der Waals surface area contributed by atoms with Crippen molar-refractivity contribution in [3.05, 3.63) is 47.0 Å². The molecule has 5 nitrogen and oxygen atoms in total. The van der Waals surface area contributed by atoms with Gasteiger partial charge in [-0.1, -0.05) is 26.0 Å². The fourth-order valence-electron chi connectivity index (χ4n) is 1.81. The van der Waals surface area contributed by atoms with Gasteiger partial charge in [-0.25, -0.2) is 9.37 Å². The SMILES string of the molecule is CCc1nnc(NC(=O)c2ccccc2F)nc1CC. The maximum Gasteiger partial charge on any atom is 0.261 e. The highest BCUT2D eigenvalue weighted by Gasteiger charge is 2.13. The van der Waals surface area contributed by atoms with Crippen LogP contribution in [-0.2, 0) is 12.8 Å². The lowest BCUT2D eigenvalue weighted by Gasteiger charge is -2.07. The Morgan fingerprint density at radius 3 is 2.50 bits per heavy atom. The van der Waals surface area contributed by atoms with E-state index in [9.17, 15) is 9.18 Å². The lowest BCUT2D eigenvalue weighted by atomic mass is 10.2. The van der Waals surface area contributed by atoms with Crippen LogP contribution in [0.25, 0.3) is 0 Å². The quantitative estimate of drug-likeness (QED) is 0.929. The third-order valence-electron chi connectivity index (χ3n) is 2.85. The van der Waals surface area contributed by atoms with E-state index in [0.717, 1.165) is 17.8 Å². The molecule has 1 heterocycles. The molecule has 6 heteroatoms. The fourth-order valence-corrected chi connectivity index (χ4v) is 1.81. The standard InChI is InChI=1S/C14H15FN4O/c1-3-11-12(4-2)18-19-14(16-11)17-13(20)9-7-5-6-8-10(9)15/h5-8H,3-4H2,1-2H3,(H,16,17,19,20). The molecule has 0 spiro atoms. The minimum absolute atomic E-state index is 0.0475. The third-order valence-corrected chi connectivity index (χ3v) is 2.85. The molecule has 0 aliphatic heterocycles. The summed E-state index contributed by atoms with van der Waals surface area (Å²) in [5, 5.41) is 10.3. The average Bonchev–Trinajstić information content (AvgIpc) is 2.47. The summed E-state index contributed by atoms with van der Waals surface area (Å²) in [7, 11) is 0. The van der Waals surface area contributed by atoms with E-state index in [1.54, 1.807) is 6.07 Å². The zero-order valence-electron chi connectivity index (χ0n) is 11.4. The molecule has 0 fully saturated rings. The van der Waals surface area contributed by atoms with Crippen molar-refractivity contribution in [3.63, 3.8) is 0 Å². The van der Waals surface area contributed by atoms with Crippen molar-refractivity contribution in [3.8, 4) is 0 Å². The van der Waals surface area contributed by atoms with Gasteiger partial charge in [-0.15, -0.1) is 10.2 Å². The van der Waals surface area contributed by atoms with Gasteiger partial charge in [0, 0.05) is 0 Å². The summed E-state index contributed by atoms with van der Waals surface area (Å²) in [6.07, 6.45) is 1.42. The van der Waals surface area contributed by atoms with Gasteiger partial charge in [0.25, 0.3) is 5.91 Å². The van der Waals surface area contributed by atoms with Crippen LogP contribution in [0.15, 0.2) is 24.3 Å². The van der Waals surface area contributed by atoms with Crippen LogP contribution in [0.5, 0.6) is 0 Å². The maximum atomic E-state index is 13.5. The highest BCUT2D eigenvalue weighted by Crippen LogP contribution is 2.10. The van der Waals surface area contributed by atoms with Crippen molar-refractivity contribution in [2.45, 2.75) is 26.7 Å². The molecule has 1 N–H and O–H groups in total. The highest BCUT2D eigenvalue weighted by atomic mass is 19.1. The van der Waals surface area contributed by atoms with E-state index in [4.69, 9.17) is 0 Å². The molecule has 0 saturated heterocycles. The van der Waals surface area contributed by atoms with Crippen LogP contribution in [0.4, 0.5) is 10.3 Å². The summed E-state index contributed by atoms with van der Waals surface area (Å²) in [5.74, 6) is -1.08. The molecule has 1 amide bonds. The maximum absolute atomic E-state index is 13.5. The van der Waals surface area contributed by atoms with Crippen molar-refractivity contribution in [2.24, 2.45) is 0 Å². The first-order valence-electron chi connectivity index (χ1n) is 6.44. The van der Waals surface area contributed by atoms with Crippen LogP contribution in [0.2, 0.25) is 0 Å². The largest absolute Gasteiger partial charge is 0.289 e. The molecular weight excluding hydrogens is 259 g/mol. The summed E-state index contributed by atoms with van der Waals surface area (Å²) in [4.78, 5) is 16.2. The molecule has 0 saturated carbocycles. The molecule has 1 aromatic heterocycles. The van der Waals surface area contributed by atoms with Crippen LogP contribution >= 0.6 is 0 Å². The van der Waals surface area contributed by atoms with E-state index in [2.05, 4.69) is 20.5 Å². The van der Waals surface area contributed by atoms with Crippen molar-refractivity contribution < 1.29 is 9.18 Å². The van der Waals surface area contributed by atoms with Gasteiger partial charge < -0.3 is 0 Å². The summed E-state index contributed by atoms with van der Waals surface area (Å²) < 4.78 is 13.5. The Kier molecular flexibility index (Phi) is 4.34. The van der Waals surface area contributed by atoms with Crippen molar-refractivity contribution >= 4 is 11.9 Å². The van der Waals surface area contributed by atoms with Crippen LogP contribution in [0.1, 0.15) is 35.6 Å². The molecule has 2 rings (SSSR count). The zero-order valence-corrected chi connectivity index (χ0v) is 11.4. The number of nitrogens with one attached hydrogen (secondary N) is 1. The normalized spacial score (nSPS) is 10.3. The fraction of sp³-hybridized carbons (Fsp3) is 0.286. The van der Waals surface area contributed by atoms with Crippen LogP contribution in [-0.4, -0.2) is 21.1 Å². The highest BCUT2D eigenvalue weighted by molar-refractivity contribution is 6.03. The Balaban J connectivity index is 2.22. The van der Waals surface area contributed by atoms with Gasteiger partial charge in [0.05, 0.1) is 17.0 Å². The van der Waals surface area contributed by atoms with Crippen molar-refractivity contribution in [1.29, 1.82) is 0 Å². The number of hydrogen-bond acceptors (Lipinski definition) is 4. The molecule has 2 aromatic rings. The Hall–Kier alpha value is -2.37. The second-order valence-electron chi connectivity index (χ2n) is 4.17. The Labute approximate surface area is 116 Å². The smallest absolute Gasteiger partial charge is 0.261 e. The number of halogens is 1. The van der Waals surface area contributed by atoms with Crippen LogP contribution < -0.4 is 5.32 Å². The number of carbonyl (C=O) groups excluding carboxylic acids is 1. The van der Waals surface area contributed by atoms with E-state index in [-0.39, 0.29) is 11.5 Å². The van der Waals surface area contributed by atoms with Gasteiger partial charge in [-0.3, -0.25) is 10.1 Å².